The first kappa shape index (κ1) is 18.0. The minimum atomic E-state index is -3.66. The second-order valence-corrected chi connectivity index (χ2v) is 7.41. The number of carbonyl (C=O) groups excluding carboxylic acids is 1. The summed E-state index contributed by atoms with van der Waals surface area (Å²) in [6.45, 7) is 3.16. The zero-order valence-electron chi connectivity index (χ0n) is 13.0. The van der Waals surface area contributed by atoms with Crippen molar-refractivity contribution in [1.29, 1.82) is 0 Å². The molecule has 0 spiro atoms. The summed E-state index contributed by atoms with van der Waals surface area (Å²) < 4.78 is 32.7. The molecule has 6 nitrogen and oxygen atoms in total. The molecule has 1 aromatic rings. The number of halogens is 1. The van der Waals surface area contributed by atoms with Gasteiger partial charge < -0.3 is 10.1 Å². The van der Waals surface area contributed by atoms with Crippen LogP contribution in [-0.4, -0.2) is 44.2 Å². The molecule has 1 aromatic carbocycles. The van der Waals surface area contributed by atoms with Gasteiger partial charge in [-0.05, 0) is 38.0 Å². The highest BCUT2D eigenvalue weighted by Gasteiger charge is 2.29. The lowest BCUT2D eigenvalue weighted by Gasteiger charge is -2.27. The van der Waals surface area contributed by atoms with Gasteiger partial charge in [0.05, 0.1) is 6.61 Å². The van der Waals surface area contributed by atoms with E-state index in [-0.39, 0.29) is 10.8 Å². The van der Waals surface area contributed by atoms with Crippen LogP contribution in [0.3, 0.4) is 0 Å². The van der Waals surface area contributed by atoms with Gasteiger partial charge in [0.15, 0.2) is 0 Å². The molecule has 0 aromatic heterocycles. The Labute approximate surface area is 141 Å². The van der Waals surface area contributed by atoms with E-state index in [4.69, 9.17) is 16.3 Å². The van der Waals surface area contributed by atoms with E-state index in [2.05, 4.69) is 5.32 Å². The molecule has 2 rings (SSSR count). The molecule has 0 saturated carbocycles. The second kappa shape index (κ2) is 7.99. The van der Waals surface area contributed by atoms with Crippen LogP contribution in [0.25, 0.3) is 0 Å². The zero-order valence-corrected chi connectivity index (χ0v) is 14.6. The Kier molecular flexibility index (Phi) is 6.26. The minimum Gasteiger partial charge on any atom is -0.492 e. The number of piperidine rings is 1. The molecule has 0 radical (unpaired) electrons. The molecule has 1 aliphatic heterocycles. The summed E-state index contributed by atoms with van der Waals surface area (Å²) in [5.74, 6) is -0.291. The highest BCUT2D eigenvalue weighted by Crippen LogP contribution is 2.31. The van der Waals surface area contributed by atoms with Crippen LogP contribution in [-0.2, 0) is 14.8 Å². The van der Waals surface area contributed by atoms with Gasteiger partial charge >= 0.3 is 0 Å². The maximum Gasteiger partial charge on any atom is 0.246 e. The van der Waals surface area contributed by atoms with E-state index in [0.29, 0.717) is 31.1 Å². The van der Waals surface area contributed by atoms with Crippen molar-refractivity contribution in [3.05, 3.63) is 18.2 Å². The van der Waals surface area contributed by atoms with Crippen molar-refractivity contribution in [1.82, 2.24) is 4.31 Å². The number of benzene rings is 1. The minimum absolute atomic E-state index is 0.0774. The summed E-state index contributed by atoms with van der Waals surface area (Å²) in [6.07, 6.45) is 2.74. The lowest BCUT2D eigenvalue weighted by atomic mass is 10.2. The number of anilines is 1. The van der Waals surface area contributed by atoms with Gasteiger partial charge in [0.25, 0.3) is 0 Å². The average molecular weight is 361 g/mol. The first-order valence-electron chi connectivity index (χ1n) is 7.62. The molecular weight excluding hydrogens is 340 g/mol. The topological polar surface area (TPSA) is 75.7 Å². The smallest absolute Gasteiger partial charge is 0.246 e. The normalized spacial score (nSPS) is 16.1. The number of sulfonamides is 1. The third-order valence-electron chi connectivity index (χ3n) is 3.58. The van der Waals surface area contributed by atoms with Gasteiger partial charge in [-0.3, -0.25) is 4.79 Å². The molecule has 1 aliphatic rings. The van der Waals surface area contributed by atoms with E-state index < -0.39 is 15.9 Å². The standard InChI is InChI=1S/C15H21ClN2O4S/c1-2-22-13-7-6-12(17-15(19)11-16)10-14(13)23(20,21)18-8-4-3-5-9-18/h6-7,10H,2-5,8-9,11H2,1H3,(H,17,19). The summed E-state index contributed by atoms with van der Waals surface area (Å²) in [7, 11) is -3.66. The highest BCUT2D eigenvalue weighted by molar-refractivity contribution is 7.89. The van der Waals surface area contributed by atoms with Crippen LogP contribution < -0.4 is 10.1 Å². The van der Waals surface area contributed by atoms with Crippen molar-refractivity contribution in [2.45, 2.75) is 31.1 Å². The van der Waals surface area contributed by atoms with Gasteiger partial charge in [0.1, 0.15) is 16.5 Å². The maximum atomic E-state index is 12.9. The van der Waals surface area contributed by atoms with Crippen molar-refractivity contribution in [3.8, 4) is 5.75 Å². The molecule has 0 atom stereocenters. The molecule has 1 amide bonds. The Bertz CT molecular complexity index is 657. The van der Waals surface area contributed by atoms with Gasteiger partial charge in [0.2, 0.25) is 15.9 Å². The van der Waals surface area contributed by atoms with Crippen molar-refractivity contribution in [2.75, 3.05) is 30.9 Å². The number of ether oxygens (including phenoxy) is 1. The number of hydrogen-bond donors (Lipinski definition) is 1. The number of carbonyl (C=O) groups is 1. The Balaban J connectivity index is 2.39. The van der Waals surface area contributed by atoms with E-state index in [9.17, 15) is 13.2 Å². The van der Waals surface area contributed by atoms with E-state index in [1.807, 2.05) is 0 Å². The molecule has 0 aliphatic carbocycles. The largest absolute Gasteiger partial charge is 0.492 e. The lowest BCUT2D eigenvalue weighted by Crippen LogP contribution is -2.35. The first-order valence-corrected chi connectivity index (χ1v) is 9.59. The zero-order chi connectivity index (χ0) is 16.9. The molecule has 8 heteroatoms. The van der Waals surface area contributed by atoms with Crippen LogP contribution in [0.15, 0.2) is 23.1 Å². The number of alkyl halides is 1. The van der Waals surface area contributed by atoms with E-state index in [1.54, 1.807) is 19.1 Å². The van der Waals surface area contributed by atoms with E-state index >= 15 is 0 Å². The number of nitrogens with one attached hydrogen (secondary N) is 1. The Morgan fingerprint density at radius 3 is 2.61 bits per heavy atom. The van der Waals surface area contributed by atoms with Gasteiger partial charge in [-0.25, -0.2) is 8.42 Å². The van der Waals surface area contributed by atoms with Gasteiger partial charge in [0, 0.05) is 18.8 Å². The van der Waals surface area contributed by atoms with Gasteiger partial charge in [-0.1, -0.05) is 6.42 Å². The summed E-state index contributed by atoms with van der Waals surface area (Å²) >= 11 is 5.47. The fourth-order valence-corrected chi connectivity index (χ4v) is 4.24. The van der Waals surface area contributed by atoms with Crippen LogP contribution in [0, 0.1) is 0 Å². The fourth-order valence-electron chi connectivity index (χ4n) is 2.50. The molecule has 23 heavy (non-hydrogen) atoms. The van der Waals surface area contributed by atoms with Crippen LogP contribution in [0.5, 0.6) is 5.75 Å². The van der Waals surface area contributed by atoms with Crippen LogP contribution in [0.2, 0.25) is 0 Å². The summed E-state index contributed by atoms with van der Waals surface area (Å²) in [5.41, 5.74) is 0.384. The molecule has 1 heterocycles. The van der Waals surface area contributed by atoms with Gasteiger partial charge in [-0.2, -0.15) is 4.31 Å². The summed E-state index contributed by atoms with van der Waals surface area (Å²) in [5, 5.41) is 2.57. The summed E-state index contributed by atoms with van der Waals surface area (Å²) in [4.78, 5) is 11.5. The molecule has 1 fully saturated rings. The fraction of sp³-hybridized carbons (Fsp3) is 0.533. The molecular formula is C15H21ClN2O4S. The monoisotopic (exact) mass is 360 g/mol. The number of amides is 1. The SMILES string of the molecule is CCOc1ccc(NC(=O)CCl)cc1S(=O)(=O)N1CCCCC1. The quantitative estimate of drug-likeness (QED) is 0.790. The van der Waals surface area contributed by atoms with E-state index in [1.165, 1.54) is 10.4 Å². The molecule has 0 bridgehead atoms. The van der Waals surface area contributed by atoms with Crippen molar-refractivity contribution < 1.29 is 17.9 Å². The van der Waals surface area contributed by atoms with Crippen LogP contribution in [0.4, 0.5) is 5.69 Å². The average Bonchev–Trinajstić information content (AvgIpc) is 2.57. The molecule has 0 unspecified atom stereocenters. The van der Waals surface area contributed by atoms with Crippen LogP contribution >= 0.6 is 11.6 Å². The van der Waals surface area contributed by atoms with Crippen molar-refractivity contribution >= 4 is 33.2 Å². The number of rotatable bonds is 6. The third-order valence-corrected chi connectivity index (χ3v) is 5.74. The third kappa shape index (κ3) is 4.37. The molecule has 128 valence electrons. The van der Waals surface area contributed by atoms with Crippen molar-refractivity contribution in [2.24, 2.45) is 0 Å². The lowest BCUT2D eigenvalue weighted by molar-refractivity contribution is -0.113. The van der Waals surface area contributed by atoms with Crippen LogP contribution in [0.1, 0.15) is 26.2 Å². The predicted molar refractivity (Wildman–Crippen MR) is 89.6 cm³/mol. The maximum absolute atomic E-state index is 12.9. The first-order chi connectivity index (χ1) is 11.0. The number of nitrogens with zero attached hydrogens (tertiary/aromatic N) is 1. The Morgan fingerprint density at radius 1 is 1.30 bits per heavy atom. The molecule has 1 saturated heterocycles. The highest BCUT2D eigenvalue weighted by atomic mass is 35.5. The van der Waals surface area contributed by atoms with E-state index in [0.717, 1.165) is 19.3 Å². The second-order valence-electron chi connectivity index (χ2n) is 5.24. The number of hydrogen-bond acceptors (Lipinski definition) is 4. The molecule has 1 N–H and O–H groups in total. The summed E-state index contributed by atoms with van der Waals surface area (Å²) in [6, 6.07) is 4.59. The predicted octanol–water partition coefficient (Wildman–Crippen LogP) is 2.44. The van der Waals surface area contributed by atoms with Crippen molar-refractivity contribution in [3.63, 3.8) is 0 Å². The Morgan fingerprint density at radius 2 is 2.00 bits per heavy atom. The van der Waals surface area contributed by atoms with Gasteiger partial charge in [-0.15, -0.1) is 11.6 Å². The Hall–Kier alpha value is -1.31.